The molecule has 98 valence electrons. The molecule has 4 heteroatoms. The summed E-state index contributed by atoms with van der Waals surface area (Å²) in [4.78, 5) is 0. The second-order valence-corrected chi connectivity index (χ2v) is 3.88. The molecule has 0 rings (SSSR count). The van der Waals surface area contributed by atoms with Gasteiger partial charge in [-0.05, 0) is 26.8 Å². The molecule has 2 atom stereocenters. The molecule has 0 aliphatic rings. The molecule has 0 amide bonds. The second-order valence-electron chi connectivity index (χ2n) is 3.88. The van der Waals surface area contributed by atoms with Crippen molar-refractivity contribution in [3.8, 4) is 0 Å². The van der Waals surface area contributed by atoms with Crippen LogP contribution in [0, 0.1) is 0 Å². The molecule has 16 heavy (non-hydrogen) atoms. The minimum atomic E-state index is 0.249. The first kappa shape index (κ1) is 15.8. The lowest BCUT2D eigenvalue weighted by molar-refractivity contribution is 0.0185. The largest absolute Gasteiger partial charge is 0.382 e. The van der Waals surface area contributed by atoms with Crippen molar-refractivity contribution in [1.82, 2.24) is 5.32 Å². The Morgan fingerprint density at radius 2 is 1.81 bits per heavy atom. The topological polar surface area (TPSA) is 39.7 Å². The molecule has 2 unspecified atom stereocenters. The summed E-state index contributed by atoms with van der Waals surface area (Å²) in [6, 6.07) is 0.402. The quantitative estimate of drug-likeness (QED) is 0.548. The average Bonchev–Trinajstić information content (AvgIpc) is 2.28. The van der Waals surface area contributed by atoms with Crippen molar-refractivity contribution in [3.63, 3.8) is 0 Å². The SMILES string of the molecule is CCNC(C)C(C)OCCCOCCOC. The van der Waals surface area contributed by atoms with Crippen LogP contribution in [-0.2, 0) is 14.2 Å². The maximum atomic E-state index is 5.69. The lowest BCUT2D eigenvalue weighted by atomic mass is 10.2. The van der Waals surface area contributed by atoms with Crippen molar-refractivity contribution in [2.45, 2.75) is 39.3 Å². The van der Waals surface area contributed by atoms with Gasteiger partial charge in [0.05, 0.1) is 19.3 Å². The summed E-state index contributed by atoms with van der Waals surface area (Å²) in [5.41, 5.74) is 0. The number of nitrogens with one attached hydrogen (secondary N) is 1. The molecule has 0 bridgehead atoms. The van der Waals surface area contributed by atoms with E-state index in [1.54, 1.807) is 7.11 Å². The number of methoxy groups -OCH3 is 1. The molecule has 0 spiro atoms. The Balaban J connectivity index is 3.23. The smallest absolute Gasteiger partial charge is 0.0700 e. The van der Waals surface area contributed by atoms with Crippen LogP contribution < -0.4 is 5.32 Å². The Labute approximate surface area is 99.6 Å². The van der Waals surface area contributed by atoms with Crippen LogP contribution in [0.15, 0.2) is 0 Å². The van der Waals surface area contributed by atoms with Crippen LogP contribution in [0.25, 0.3) is 0 Å². The lowest BCUT2D eigenvalue weighted by Gasteiger charge is -2.21. The van der Waals surface area contributed by atoms with E-state index in [1.165, 1.54) is 0 Å². The first-order valence-electron chi connectivity index (χ1n) is 6.14. The highest BCUT2D eigenvalue weighted by molar-refractivity contribution is 4.66. The van der Waals surface area contributed by atoms with Gasteiger partial charge in [-0.2, -0.15) is 0 Å². The normalized spacial score (nSPS) is 15.0. The molecule has 0 aromatic rings. The van der Waals surface area contributed by atoms with Gasteiger partial charge < -0.3 is 19.5 Å². The van der Waals surface area contributed by atoms with E-state index in [2.05, 4.69) is 26.1 Å². The zero-order valence-electron chi connectivity index (χ0n) is 11.1. The molecule has 0 radical (unpaired) electrons. The summed E-state index contributed by atoms with van der Waals surface area (Å²) in [6.07, 6.45) is 1.19. The van der Waals surface area contributed by atoms with Crippen LogP contribution in [0.2, 0.25) is 0 Å². The van der Waals surface area contributed by atoms with Crippen LogP contribution in [0.4, 0.5) is 0 Å². The van der Waals surface area contributed by atoms with E-state index in [4.69, 9.17) is 14.2 Å². The lowest BCUT2D eigenvalue weighted by Crippen LogP contribution is -2.37. The fourth-order valence-corrected chi connectivity index (χ4v) is 1.31. The number of likely N-dealkylation sites (N-methyl/N-ethyl adjacent to an activating group) is 1. The third-order valence-electron chi connectivity index (χ3n) is 2.48. The van der Waals surface area contributed by atoms with Crippen molar-refractivity contribution in [1.29, 1.82) is 0 Å². The van der Waals surface area contributed by atoms with Crippen LogP contribution >= 0.6 is 0 Å². The van der Waals surface area contributed by atoms with Gasteiger partial charge in [-0.15, -0.1) is 0 Å². The summed E-state index contributed by atoms with van der Waals surface area (Å²) >= 11 is 0. The Kier molecular flexibility index (Phi) is 11.2. The standard InChI is InChI=1S/C12H27NO3/c1-5-13-11(2)12(3)16-8-6-7-15-10-9-14-4/h11-13H,5-10H2,1-4H3. The van der Waals surface area contributed by atoms with E-state index in [0.29, 0.717) is 19.3 Å². The maximum Gasteiger partial charge on any atom is 0.0700 e. The Bertz CT molecular complexity index is 144. The van der Waals surface area contributed by atoms with Gasteiger partial charge in [0.15, 0.2) is 0 Å². The number of hydrogen-bond donors (Lipinski definition) is 1. The van der Waals surface area contributed by atoms with Crippen LogP contribution in [0.1, 0.15) is 27.2 Å². The summed E-state index contributed by atoms with van der Waals surface area (Å²) in [7, 11) is 1.68. The highest BCUT2D eigenvalue weighted by Gasteiger charge is 2.10. The molecule has 0 aromatic carbocycles. The summed E-state index contributed by atoms with van der Waals surface area (Å²) in [6.45, 7) is 10.1. The zero-order chi connectivity index (χ0) is 12.2. The minimum Gasteiger partial charge on any atom is -0.382 e. The fourth-order valence-electron chi connectivity index (χ4n) is 1.31. The van der Waals surface area contributed by atoms with Gasteiger partial charge in [0, 0.05) is 26.4 Å². The van der Waals surface area contributed by atoms with E-state index in [-0.39, 0.29) is 6.10 Å². The first-order valence-corrected chi connectivity index (χ1v) is 6.14. The monoisotopic (exact) mass is 233 g/mol. The van der Waals surface area contributed by atoms with Crippen LogP contribution in [-0.4, -0.2) is 52.2 Å². The van der Waals surface area contributed by atoms with Gasteiger partial charge >= 0.3 is 0 Å². The highest BCUT2D eigenvalue weighted by Crippen LogP contribution is 1.99. The van der Waals surface area contributed by atoms with Gasteiger partial charge in [0.25, 0.3) is 0 Å². The second kappa shape index (κ2) is 11.3. The van der Waals surface area contributed by atoms with Gasteiger partial charge in [-0.3, -0.25) is 0 Å². The van der Waals surface area contributed by atoms with E-state index >= 15 is 0 Å². The number of ether oxygens (including phenoxy) is 3. The zero-order valence-corrected chi connectivity index (χ0v) is 11.1. The van der Waals surface area contributed by atoms with Gasteiger partial charge in [0.1, 0.15) is 0 Å². The Hall–Kier alpha value is -0.160. The number of rotatable bonds is 11. The summed E-state index contributed by atoms with van der Waals surface area (Å²) < 4.78 is 15.9. The summed E-state index contributed by atoms with van der Waals surface area (Å²) in [5.74, 6) is 0. The molecule has 0 aromatic heterocycles. The fraction of sp³-hybridized carbons (Fsp3) is 1.00. The van der Waals surface area contributed by atoms with Crippen molar-refractivity contribution in [2.75, 3.05) is 40.1 Å². The maximum absolute atomic E-state index is 5.69. The van der Waals surface area contributed by atoms with Crippen molar-refractivity contribution in [3.05, 3.63) is 0 Å². The van der Waals surface area contributed by atoms with E-state index in [9.17, 15) is 0 Å². The number of hydrogen-bond acceptors (Lipinski definition) is 4. The third-order valence-corrected chi connectivity index (χ3v) is 2.48. The molecule has 1 N–H and O–H groups in total. The minimum absolute atomic E-state index is 0.249. The van der Waals surface area contributed by atoms with Gasteiger partial charge in [0.2, 0.25) is 0 Å². The molecular weight excluding hydrogens is 206 g/mol. The molecule has 0 aliphatic carbocycles. The molecule has 0 aliphatic heterocycles. The molecule has 0 saturated carbocycles. The Morgan fingerprint density at radius 3 is 2.44 bits per heavy atom. The van der Waals surface area contributed by atoms with Crippen LogP contribution in [0.5, 0.6) is 0 Å². The highest BCUT2D eigenvalue weighted by atomic mass is 16.5. The van der Waals surface area contributed by atoms with E-state index < -0.39 is 0 Å². The average molecular weight is 233 g/mol. The Morgan fingerprint density at radius 1 is 1.06 bits per heavy atom. The van der Waals surface area contributed by atoms with Gasteiger partial charge in [-0.25, -0.2) is 0 Å². The molecule has 4 nitrogen and oxygen atoms in total. The third kappa shape index (κ3) is 9.09. The van der Waals surface area contributed by atoms with Crippen molar-refractivity contribution >= 4 is 0 Å². The molecule has 0 saturated heterocycles. The van der Waals surface area contributed by atoms with Gasteiger partial charge in [-0.1, -0.05) is 6.92 Å². The first-order chi connectivity index (χ1) is 7.72. The van der Waals surface area contributed by atoms with E-state index in [1.807, 2.05) is 0 Å². The molecule has 0 heterocycles. The predicted octanol–water partition coefficient (Wildman–Crippen LogP) is 1.44. The van der Waals surface area contributed by atoms with Crippen molar-refractivity contribution in [2.24, 2.45) is 0 Å². The summed E-state index contributed by atoms with van der Waals surface area (Å²) in [5, 5.41) is 3.34. The predicted molar refractivity (Wildman–Crippen MR) is 65.9 cm³/mol. The van der Waals surface area contributed by atoms with E-state index in [0.717, 1.165) is 26.2 Å². The molecular formula is C12H27NO3. The molecule has 0 fully saturated rings. The van der Waals surface area contributed by atoms with Crippen molar-refractivity contribution < 1.29 is 14.2 Å². The van der Waals surface area contributed by atoms with Crippen LogP contribution in [0.3, 0.4) is 0 Å².